The number of methoxy groups -OCH3 is 1. The number of benzene rings is 1. The van der Waals surface area contributed by atoms with Gasteiger partial charge in [-0.2, -0.15) is 0 Å². The van der Waals surface area contributed by atoms with E-state index < -0.39 is 0 Å². The highest BCUT2D eigenvalue weighted by Crippen LogP contribution is 2.63. The third kappa shape index (κ3) is 2.10. The summed E-state index contributed by atoms with van der Waals surface area (Å²) < 4.78 is 5.45. The van der Waals surface area contributed by atoms with Gasteiger partial charge in [-0.25, -0.2) is 0 Å². The molecule has 3 aliphatic carbocycles. The molecule has 126 valence electrons. The average molecular weight is 314 g/mol. The summed E-state index contributed by atoms with van der Waals surface area (Å²) in [5.74, 6) is 3.77. The highest BCUT2D eigenvalue weighted by molar-refractivity contribution is 5.42. The Bertz CT molecular complexity index is 596. The second-order valence-corrected chi connectivity index (χ2v) is 8.23. The minimum atomic E-state index is -0.0639. The Morgan fingerprint density at radius 2 is 2.04 bits per heavy atom. The zero-order valence-electron chi connectivity index (χ0n) is 14.7. The first-order valence-electron chi connectivity index (χ1n) is 9.46. The van der Waals surface area contributed by atoms with Gasteiger partial charge in [-0.1, -0.05) is 19.9 Å². The Balaban J connectivity index is 1.73. The quantitative estimate of drug-likeness (QED) is 0.844. The van der Waals surface area contributed by atoms with E-state index in [1.165, 1.54) is 31.2 Å². The maximum absolute atomic E-state index is 10.7. The van der Waals surface area contributed by atoms with Crippen molar-refractivity contribution in [2.75, 3.05) is 7.11 Å². The van der Waals surface area contributed by atoms with Crippen molar-refractivity contribution in [3.63, 3.8) is 0 Å². The van der Waals surface area contributed by atoms with Crippen LogP contribution in [0.2, 0.25) is 0 Å². The first kappa shape index (κ1) is 15.5. The molecule has 0 radical (unpaired) electrons. The van der Waals surface area contributed by atoms with Crippen LogP contribution in [0.15, 0.2) is 18.2 Å². The van der Waals surface area contributed by atoms with E-state index in [2.05, 4.69) is 32.0 Å². The number of hydrogen-bond donors (Lipinski definition) is 1. The molecule has 0 bridgehead atoms. The van der Waals surface area contributed by atoms with Crippen LogP contribution in [0.3, 0.4) is 0 Å². The minimum Gasteiger partial charge on any atom is -0.497 e. The van der Waals surface area contributed by atoms with Crippen molar-refractivity contribution < 1.29 is 9.84 Å². The lowest BCUT2D eigenvalue weighted by Crippen LogP contribution is -2.45. The lowest BCUT2D eigenvalue weighted by molar-refractivity contribution is -0.0411. The number of hydrogen-bond acceptors (Lipinski definition) is 2. The summed E-state index contributed by atoms with van der Waals surface area (Å²) in [4.78, 5) is 0. The molecule has 3 aliphatic rings. The summed E-state index contributed by atoms with van der Waals surface area (Å²) in [7, 11) is 1.76. The lowest BCUT2D eigenvalue weighted by atomic mass is 9.53. The molecule has 2 saturated carbocycles. The summed E-state index contributed by atoms with van der Waals surface area (Å²) in [6.45, 7) is 4.68. The second-order valence-electron chi connectivity index (χ2n) is 8.23. The van der Waals surface area contributed by atoms with Gasteiger partial charge in [0.2, 0.25) is 0 Å². The minimum absolute atomic E-state index is 0.0639. The molecule has 1 aromatic carbocycles. The van der Waals surface area contributed by atoms with Crippen molar-refractivity contribution in [2.45, 2.75) is 70.3 Å². The van der Waals surface area contributed by atoms with Gasteiger partial charge in [-0.05, 0) is 90.9 Å². The number of ether oxygens (including phenoxy) is 1. The fourth-order valence-electron chi connectivity index (χ4n) is 6.44. The van der Waals surface area contributed by atoms with Crippen LogP contribution in [0.5, 0.6) is 5.75 Å². The van der Waals surface area contributed by atoms with Gasteiger partial charge in [0.15, 0.2) is 0 Å². The molecule has 0 amide bonds. The molecule has 2 nitrogen and oxygen atoms in total. The molecular weight excluding hydrogens is 284 g/mol. The lowest BCUT2D eigenvalue weighted by Gasteiger charge is -2.52. The van der Waals surface area contributed by atoms with E-state index in [0.29, 0.717) is 11.8 Å². The van der Waals surface area contributed by atoms with E-state index in [0.717, 1.165) is 30.4 Å². The predicted molar refractivity (Wildman–Crippen MR) is 92.9 cm³/mol. The van der Waals surface area contributed by atoms with Gasteiger partial charge in [0.1, 0.15) is 5.75 Å². The van der Waals surface area contributed by atoms with E-state index in [-0.39, 0.29) is 11.5 Å². The predicted octanol–water partition coefficient (Wildman–Crippen LogP) is 4.86. The first-order chi connectivity index (χ1) is 11.1. The highest BCUT2D eigenvalue weighted by Gasteiger charge is 2.56. The average Bonchev–Trinajstić information content (AvgIpc) is 2.92. The van der Waals surface area contributed by atoms with Gasteiger partial charge in [-0.3, -0.25) is 0 Å². The Morgan fingerprint density at radius 3 is 2.78 bits per heavy atom. The van der Waals surface area contributed by atoms with Crippen molar-refractivity contribution in [3.8, 4) is 5.75 Å². The SMILES string of the molecule is CCC12CC[C@@H]3c4ccc(OC)cc4C(C)C[C@H]3[C@@H]1CC[C@@H]2O. The maximum Gasteiger partial charge on any atom is 0.119 e. The molecular formula is C21H30O2. The Kier molecular flexibility index (Phi) is 3.72. The van der Waals surface area contributed by atoms with Gasteiger partial charge < -0.3 is 9.84 Å². The monoisotopic (exact) mass is 314 g/mol. The zero-order chi connectivity index (χ0) is 16.2. The van der Waals surface area contributed by atoms with Crippen LogP contribution in [0.1, 0.15) is 75.3 Å². The molecule has 4 rings (SSSR count). The third-order valence-corrected chi connectivity index (χ3v) is 7.62. The maximum atomic E-state index is 10.7. The van der Waals surface area contributed by atoms with Crippen molar-refractivity contribution in [2.24, 2.45) is 17.3 Å². The van der Waals surface area contributed by atoms with E-state index in [4.69, 9.17) is 4.74 Å². The van der Waals surface area contributed by atoms with Gasteiger partial charge in [0, 0.05) is 0 Å². The summed E-state index contributed by atoms with van der Waals surface area (Å²) in [6.07, 6.45) is 7.07. The molecule has 0 aromatic heterocycles. The van der Waals surface area contributed by atoms with Crippen LogP contribution in [-0.4, -0.2) is 18.3 Å². The molecule has 0 heterocycles. The second kappa shape index (κ2) is 5.51. The van der Waals surface area contributed by atoms with Gasteiger partial charge in [-0.15, -0.1) is 0 Å². The van der Waals surface area contributed by atoms with E-state index in [1.54, 1.807) is 12.7 Å². The smallest absolute Gasteiger partial charge is 0.119 e. The van der Waals surface area contributed by atoms with E-state index >= 15 is 0 Å². The van der Waals surface area contributed by atoms with E-state index in [9.17, 15) is 5.11 Å². The Labute approximate surface area is 140 Å². The molecule has 2 fully saturated rings. The van der Waals surface area contributed by atoms with Crippen LogP contribution in [0.25, 0.3) is 0 Å². The Morgan fingerprint density at radius 1 is 1.22 bits per heavy atom. The highest BCUT2D eigenvalue weighted by atomic mass is 16.5. The van der Waals surface area contributed by atoms with E-state index in [1.807, 2.05) is 0 Å². The number of fused-ring (bicyclic) bond motifs is 5. The molecule has 1 aromatic rings. The molecule has 0 aliphatic heterocycles. The summed E-state index contributed by atoms with van der Waals surface area (Å²) in [5, 5.41) is 10.7. The van der Waals surface area contributed by atoms with Crippen molar-refractivity contribution in [3.05, 3.63) is 29.3 Å². The van der Waals surface area contributed by atoms with Gasteiger partial charge >= 0.3 is 0 Å². The van der Waals surface area contributed by atoms with Crippen LogP contribution < -0.4 is 4.74 Å². The molecule has 1 N–H and O–H groups in total. The fourth-order valence-corrected chi connectivity index (χ4v) is 6.44. The fraction of sp³-hybridized carbons (Fsp3) is 0.714. The first-order valence-corrected chi connectivity index (χ1v) is 9.46. The topological polar surface area (TPSA) is 29.5 Å². The largest absolute Gasteiger partial charge is 0.497 e. The van der Waals surface area contributed by atoms with Crippen molar-refractivity contribution in [1.82, 2.24) is 0 Å². The van der Waals surface area contributed by atoms with Crippen molar-refractivity contribution in [1.29, 1.82) is 0 Å². The normalized spacial score (nSPS) is 41.8. The van der Waals surface area contributed by atoms with Crippen LogP contribution in [-0.2, 0) is 0 Å². The standard InChI is InChI=1S/C21H30O2/c1-4-21-10-9-16-15-6-5-14(23-3)12-17(15)13(2)11-18(16)19(21)7-8-20(21)22/h5-6,12-13,16,18-20,22H,4,7-11H2,1-3H3/t13?,16-,18-,19+,20+,21?/m1/s1. The molecule has 0 spiro atoms. The van der Waals surface area contributed by atoms with Crippen LogP contribution in [0.4, 0.5) is 0 Å². The summed E-state index contributed by atoms with van der Waals surface area (Å²) in [6, 6.07) is 6.73. The summed E-state index contributed by atoms with van der Waals surface area (Å²) in [5.41, 5.74) is 3.29. The van der Waals surface area contributed by atoms with Crippen LogP contribution in [0, 0.1) is 17.3 Å². The van der Waals surface area contributed by atoms with Gasteiger partial charge in [0.05, 0.1) is 13.2 Å². The number of aliphatic hydroxyl groups is 1. The Hall–Kier alpha value is -1.02. The summed E-state index contributed by atoms with van der Waals surface area (Å²) >= 11 is 0. The number of aliphatic hydroxyl groups excluding tert-OH is 1. The molecule has 2 heteroatoms. The molecule has 6 atom stereocenters. The van der Waals surface area contributed by atoms with Gasteiger partial charge in [0.25, 0.3) is 0 Å². The number of rotatable bonds is 2. The molecule has 23 heavy (non-hydrogen) atoms. The molecule has 0 saturated heterocycles. The zero-order valence-corrected chi connectivity index (χ0v) is 14.7. The third-order valence-electron chi connectivity index (χ3n) is 7.62. The van der Waals surface area contributed by atoms with Crippen molar-refractivity contribution >= 4 is 0 Å². The van der Waals surface area contributed by atoms with Crippen LogP contribution >= 0.6 is 0 Å². The molecule has 2 unspecified atom stereocenters.